The molecule has 2 aromatic rings. The van der Waals surface area contributed by atoms with Gasteiger partial charge in [0.15, 0.2) is 6.10 Å². The van der Waals surface area contributed by atoms with Gasteiger partial charge in [-0.15, -0.1) is 0 Å². The first kappa shape index (κ1) is 25.1. The van der Waals surface area contributed by atoms with Crippen molar-refractivity contribution in [1.29, 1.82) is 5.26 Å². The van der Waals surface area contributed by atoms with E-state index in [1.807, 2.05) is 0 Å². The number of alkyl halides is 3. The summed E-state index contributed by atoms with van der Waals surface area (Å²) in [6, 6.07) is 9.17. The lowest BCUT2D eigenvalue weighted by Crippen LogP contribution is -2.24. The highest BCUT2D eigenvalue weighted by Gasteiger charge is 2.43. The first-order chi connectivity index (χ1) is 15.1. The Balaban J connectivity index is 2.59. The standard InChI is InChI=1S/C22H22F4N2O4/c1-3-32-21(22(24,25)26)17-7-5-13(15(12-31-2)9-20(29)30)8-19(17)28-16-6-4-14(11-27)18(23)10-16/h4-8,10,15,21,28H,3,9,12H2,1-2H3,(H,29,30)/t15-,21+/m0/s1. The fraction of sp³-hybridized carbons (Fsp3) is 0.364. The van der Waals surface area contributed by atoms with Gasteiger partial charge in [0.1, 0.15) is 11.9 Å². The molecule has 0 amide bonds. The fourth-order valence-corrected chi connectivity index (χ4v) is 3.22. The summed E-state index contributed by atoms with van der Waals surface area (Å²) in [4.78, 5) is 11.2. The molecule has 6 nitrogen and oxygen atoms in total. The number of ether oxygens (including phenoxy) is 2. The molecule has 0 aliphatic carbocycles. The van der Waals surface area contributed by atoms with Crippen molar-refractivity contribution in [3.05, 3.63) is 58.9 Å². The molecular weight excluding hydrogens is 432 g/mol. The maximum atomic E-state index is 14.0. The number of methoxy groups -OCH3 is 1. The summed E-state index contributed by atoms with van der Waals surface area (Å²) in [5, 5.41) is 20.8. The molecule has 10 heteroatoms. The van der Waals surface area contributed by atoms with E-state index in [4.69, 9.17) is 19.8 Å². The van der Waals surface area contributed by atoms with E-state index < -0.39 is 30.0 Å². The number of hydrogen-bond acceptors (Lipinski definition) is 5. The van der Waals surface area contributed by atoms with Gasteiger partial charge in [-0.1, -0.05) is 12.1 Å². The average molecular weight is 454 g/mol. The molecule has 0 unspecified atom stereocenters. The van der Waals surface area contributed by atoms with E-state index in [0.717, 1.165) is 6.07 Å². The number of nitrogens with one attached hydrogen (secondary N) is 1. The zero-order valence-corrected chi connectivity index (χ0v) is 17.4. The number of hydrogen-bond donors (Lipinski definition) is 2. The first-order valence-corrected chi connectivity index (χ1v) is 9.60. The molecule has 2 N–H and O–H groups in total. The molecule has 0 fully saturated rings. The van der Waals surface area contributed by atoms with E-state index in [-0.39, 0.29) is 42.1 Å². The van der Waals surface area contributed by atoms with Crippen LogP contribution in [-0.2, 0) is 14.3 Å². The Kier molecular flexibility index (Phi) is 8.57. The molecule has 172 valence electrons. The van der Waals surface area contributed by atoms with Crippen LogP contribution >= 0.6 is 0 Å². The van der Waals surface area contributed by atoms with E-state index >= 15 is 0 Å². The van der Waals surface area contributed by atoms with Crippen LogP contribution in [0.25, 0.3) is 0 Å². The largest absolute Gasteiger partial charge is 0.481 e. The Bertz CT molecular complexity index is 989. The zero-order chi connectivity index (χ0) is 23.9. The van der Waals surface area contributed by atoms with Crippen molar-refractivity contribution in [2.45, 2.75) is 31.5 Å². The normalized spacial score (nSPS) is 13.3. The Hall–Kier alpha value is -3.16. The molecule has 32 heavy (non-hydrogen) atoms. The van der Waals surface area contributed by atoms with Crippen molar-refractivity contribution >= 4 is 17.3 Å². The van der Waals surface area contributed by atoms with Gasteiger partial charge in [-0.25, -0.2) is 4.39 Å². The van der Waals surface area contributed by atoms with Gasteiger partial charge in [0.2, 0.25) is 0 Å². The number of nitriles is 1. The third kappa shape index (κ3) is 6.42. The van der Waals surface area contributed by atoms with Crippen molar-refractivity contribution in [3.8, 4) is 6.07 Å². The minimum Gasteiger partial charge on any atom is -0.481 e. The van der Waals surface area contributed by atoms with Crippen molar-refractivity contribution < 1.29 is 36.9 Å². The van der Waals surface area contributed by atoms with E-state index in [1.54, 1.807) is 6.07 Å². The molecule has 0 bridgehead atoms. The summed E-state index contributed by atoms with van der Waals surface area (Å²) in [5.41, 5.74) is 0.0350. The lowest BCUT2D eigenvalue weighted by atomic mass is 9.93. The monoisotopic (exact) mass is 454 g/mol. The van der Waals surface area contributed by atoms with Crippen LogP contribution in [0.1, 0.15) is 42.1 Å². The van der Waals surface area contributed by atoms with Gasteiger partial charge in [0, 0.05) is 36.6 Å². The number of carboxylic acid groups (broad SMARTS) is 1. The topological polar surface area (TPSA) is 91.6 Å². The van der Waals surface area contributed by atoms with E-state index in [2.05, 4.69) is 5.32 Å². The first-order valence-electron chi connectivity index (χ1n) is 9.60. The highest BCUT2D eigenvalue weighted by Crippen LogP contribution is 2.41. The number of benzene rings is 2. The second-order valence-electron chi connectivity index (χ2n) is 6.91. The molecule has 2 rings (SSSR count). The van der Waals surface area contributed by atoms with Gasteiger partial charge in [-0.2, -0.15) is 18.4 Å². The Labute approximate surface area is 182 Å². The van der Waals surface area contributed by atoms with Crippen LogP contribution in [0.4, 0.5) is 28.9 Å². The summed E-state index contributed by atoms with van der Waals surface area (Å²) >= 11 is 0. The number of nitrogens with zero attached hydrogens (tertiary/aromatic N) is 1. The van der Waals surface area contributed by atoms with Crippen molar-refractivity contribution in [1.82, 2.24) is 0 Å². The summed E-state index contributed by atoms with van der Waals surface area (Å²) in [5.74, 6) is -2.56. The smallest absolute Gasteiger partial charge is 0.418 e. The van der Waals surface area contributed by atoms with Gasteiger partial charge in [-0.3, -0.25) is 4.79 Å². The highest BCUT2D eigenvalue weighted by atomic mass is 19.4. The van der Waals surface area contributed by atoms with Gasteiger partial charge in [-0.05, 0) is 36.8 Å². The third-order valence-electron chi connectivity index (χ3n) is 4.62. The third-order valence-corrected chi connectivity index (χ3v) is 4.62. The molecule has 0 aliphatic heterocycles. The van der Waals surface area contributed by atoms with Crippen LogP contribution in [-0.4, -0.2) is 37.6 Å². The van der Waals surface area contributed by atoms with Gasteiger partial charge < -0.3 is 19.9 Å². The van der Waals surface area contributed by atoms with Gasteiger partial charge >= 0.3 is 12.1 Å². The molecule has 0 spiro atoms. The molecule has 0 saturated heterocycles. The quantitative estimate of drug-likeness (QED) is 0.475. The second-order valence-corrected chi connectivity index (χ2v) is 6.91. The van der Waals surface area contributed by atoms with E-state index in [9.17, 15) is 22.4 Å². The number of halogens is 4. The minimum absolute atomic E-state index is 0.0325. The predicted molar refractivity (Wildman–Crippen MR) is 108 cm³/mol. The molecule has 0 heterocycles. The van der Waals surface area contributed by atoms with Crippen LogP contribution in [0.3, 0.4) is 0 Å². The zero-order valence-electron chi connectivity index (χ0n) is 17.4. The van der Waals surface area contributed by atoms with Crippen molar-refractivity contribution in [2.75, 3.05) is 25.6 Å². The van der Waals surface area contributed by atoms with E-state index in [0.29, 0.717) is 5.56 Å². The summed E-state index contributed by atoms with van der Waals surface area (Å²) < 4.78 is 65.1. The molecule has 0 aliphatic rings. The van der Waals surface area contributed by atoms with E-state index in [1.165, 1.54) is 44.4 Å². The molecule has 2 atom stereocenters. The van der Waals surface area contributed by atoms with Crippen molar-refractivity contribution in [3.63, 3.8) is 0 Å². The minimum atomic E-state index is -4.73. The molecule has 0 radical (unpaired) electrons. The summed E-state index contributed by atoms with van der Waals surface area (Å²) in [6.07, 6.45) is -7.28. The van der Waals surface area contributed by atoms with Crippen molar-refractivity contribution in [2.24, 2.45) is 0 Å². The fourth-order valence-electron chi connectivity index (χ4n) is 3.22. The maximum absolute atomic E-state index is 14.0. The highest BCUT2D eigenvalue weighted by molar-refractivity contribution is 5.69. The lowest BCUT2D eigenvalue weighted by Gasteiger charge is -2.25. The van der Waals surface area contributed by atoms with Crippen LogP contribution < -0.4 is 5.32 Å². The lowest BCUT2D eigenvalue weighted by molar-refractivity contribution is -0.222. The number of carbonyl (C=O) groups is 1. The van der Waals surface area contributed by atoms with Gasteiger partial charge in [0.25, 0.3) is 0 Å². The average Bonchev–Trinajstić information content (AvgIpc) is 2.71. The maximum Gasteiger partial charge on any atom is 0.418 e. The summed E-state index contributed by atoms with van der Waals surface area (Å²) in [7, 11) is 1.39. The number of carboxylic acids is 1. The number of anilines is 2. The Morgan fingerprint density at radius 2 is 1.97 bits per heavy atom. The second kappa shape index (κ2) is 10.9. The van der Waals surface area contributed by atoms with Gasteiger partial charge in [0.05, 0.1) is 18.6 Å². The Morgan fingerprint density at radius 1 is 1.25 bits per heavy atom. The number of rotatable bonds is 10. The molecule has 2 aromatic carbocycles. The molecule has 0 aromatic heterocycles. The predicted octanol–water partition coefficient (Wildman–Crippen LogP) is 5.29. The van der Waals surface area contributed by atoms with Crippen LogP contribution in [0.2, 0.25) is 0 Å². The van der Waals surface area contributed by atoms with Crippen LogP contribution in [0.15, 0.2) is 36.4 Å². The summed E-state index contributed by atoms with van der Waals surface area (Å²) in [6.45, 7) is 1.25. The SMILES string of the molecule is CCO[C@H](c1ccc([C@H](COC)CC(=O)O)cc1Nc1ccc(C#N)c(F)c1)C(F)(F)F. The number of aliphatic carboxylic acids is 1. The van der Waals surface area contributed by atoms with Crippen LogP contribution in [0, 0.1) is 17.1 Å². The molecular formula is C22H22F4N2O4. The van der Waals surface area contributed by atoms with Crippen LogP contribution in [0.5, 0.6) is 0 Å². The Morgan fingerprint density at radius 3 is 2.50 bits per heavy atom. The molecule has 0 saturated carbocycles.